The molecule has 0 bridgehead atoms. The number of nitrogens with one attached hydrogen (secondary N) is 1. The Balaban J connectivity index is 1.98. The summed E-state index contributed by atoms with van der Waals surface area (Å²) in [6.45, 7) is 3.39. The van der Waals surface area contributed by atoms with Crippen LogP contribution in [0.25, 0.3) is 0 Å². The third-order valence-corrected chi connectivity index (χ3v) is 3.78. The third-order valence-electron chi connectivity index (χ3n) is 3.78. The van der Waals surface area contributed by atoms with Gasteiger partial charge in [-0.1, -0.05) is 44.2 Å². The van der Waals surface area contributed by atoms with Crippen molar-refractivity contribution >= 4 is 11.9 Å². The van der Waals surface area contributed by atoms with E-state index < -0.39 is 29.2 Å². The van der Waals surface area contributed by atoms with Gasteiger partial charge in [0, 0.05) is 6.20 Å². The van der Waals surface area contributed by atoms with Gasteiger partial charge in [-0.05, 0) is 23.6 Å². The molecule has 1 amide bonds. The molecule has 0 unspecified atom stereocenters. The first-order valence-electron chi connectivity index (χ1n) is 8.27. The molecule has 1 aromatic heterocycles. The van der Waals surface area contributed by atoms with Crippen molar-refractivity contribution in [3.8, 4) is 5.75 Å². The fourth-order valence-electron chi connectivity index (χ4n) is 2.34. The van der Waals surface area contributed by atoms with E-state index in [1.54, 1.807) is 13.8 Å². The van der Waals surface area contributed by atoms with E-state index in [0.29, 0.717) is 0 Å². The van der Waals surface area contributed by atoms with E-state index in [4.69, 9.17) is 4.74 Å². The van der Waals surface area contributed by atoms with Gasteiger partial charge in [0.15, 0.2) is 5.75 Å². The SMILES string of the molecule is CC(C)[C@H](NC(=O)Cn1cccc(O)c1=O)C(=O)OCc1ccccc1. The summed E-state index contributed by atoms with van der Waals surface area (Å²) < 4.78 is 6.35. The number of pyridine rings is 1. The molecule has 0 aliphatic carbocycles. The lowest BCUT2D eigenvalue weighted by Gasteiger charge is -2.21. The monoisotopic (exact) mass is 358 g/mol. The number of aromatic nitrogens is 1. The number of aromatic hydroxyl groups is 1. The number of nitrogens with zero attached hydrogens (tertiary/aromatic N) is 1. The Labute approximate surface area is 151 Å². The third kappa shape index (κ3) is 5.20. The number of amides is 1. The zero-order valence-corrected chi connectivity index (χ0v) is 14.7. The molecule has 0 aliphatic heterocycles. The maximum atomic E-state index is 12.3. The molecule has 26 heavy (non-hydrogen) atoms. The summed E-state index contributed by atoms with van der Waals surface area (Å²) in [6.07, 6.45) is 1.39. The van der Waals surface area contributed by atoms with E-state index in [1.807, 2.05) is 30.3 Å². The van der Waals surface area contributed by atoms with E-state index in [-0.39, 0.29) is 19.1 Å². The summed E-state index contributed by atoms with van der Waals surface area (Å²) >= 11 is 0. The number of hydrogen-bond acceptors (Lipinski definition) is 5. The Morgan fingerprint density at radius 2 is 1.85 bits per heavy atom. The van der Waals surface area contributed by atoms with Crippen molar-refractivity contribution in [2.45, 2.75) is 33.0 Å². The highest BCUT2D eigenvalue weighted by molar-refractivity contribution is 5.84. The minimum atomic E-state index is -0.834. The topological polar surface area (TPSA) is 97.6 Å². The van der Waals surface area contributed by atoms with E-state index >= 15 is 0 Å². The molecule has 7 heteroatoms. The molecule has 0 radical (unpaired) electrons. The van der Waals surface area contributed by atoms with Gasteiger partial charge < -0.3 is 19.7 Å². The molecule has 0 aliphatic rings. The highest BCUT2D eigenvalue weighted by Crippen LogP contribution is 2.08. The fourth-order valence-corrected chi connectivity index (χ4v) is 2.34. The Kier molecular flexibility index (Phi) is 6.54. The van der Waals surface area contributed by atoms with Crippen LogP contribution in [0.15, 0.2) is 53.5 Å². The van der Waals surface area contributed by atoms with Gasteiger partial charge >= 0.3 is 5.97 Å². The van der Waals surface area contributed by atoms with Crippen LogP contribution in [0, 0.1) is 5.92 Å². The lowest BCUT2D eigenvalue weighted by Crippen LogP contribution is -2.47. The normalized spacial score (nSPS) is 11.8. The standard InChI is InChI=1S/C19H22N2O5/c1-13(2)17(19(25)26-12-14-7-4-3-5-8-14)20-16(23)11-21-10-6-9-15(22)18(21)24/h3-10,13,17,22H,11-12H2,1-2H3,(H,20,23)/t17-/m0/s1. The van der Waals surface area contributed by atoms with Crippen molar-refractivity contribution in [3.05, 3.63) is 64.6 Å². The number of carbonyl (C=O) groups excluding carboxylic acids is 2. The second-order valence-corrected chi connectivity index (χ2v) is 6.21. The minimum Gasteiger partial charge on any atom is -0.503 e. The minimum absolute atomic E-state index is 0.116. The van der Waals surface area contributed by atoms with Gasteiger partial charge in [0.25, 0.3) is 5.56 Å². The number of rotatable bonds is 7. The van der Waals surface area contributed by atoms with Crippen molar-refractivity contribution in [2.75, 3.05) is 0 Å². The van der Waals surface area contributed by atoms with Crippen LogP contribution in [0.5, 0.6) is 5.75 Å². The molecule has 0 fully saturated rings. The summed E-state index contributed by atoms with van der Waals surface area (Å²) in [6, 6.07) is 11.1. The van der Waals surface area contributed by atoms with Crippen LogP contribution in [0.4, 0.5) is 0 Å². The summed E-state index contributed by atoms with van der Waals surface area (Å²) in [5, 5.41) is 12.0. The molecular weight excluding hydrogens is 336 g/mol. The molecule has 2 N–H and O–H groups in total. The van der Waals surface area contributed by atoms with Crippen LogP contribution < -0.4 is 10.9 Å². The molecule has 1 atom stereocenters. The molecular formula is C19H22N2O5. The Bertz CT molecular complexity index is 814. The second-order valence-electron chi connectivity index (χ2n) is 6.21. The number of hydrogen-bond donors (Lipinski definition) is 2. The number of esters is 1. The molecule has 2 aromatic rings. The fraction of sp³-hybridized carbons (Fsp3) is 0.316. The maximum absolute atomic E-state index is 12.3. The van der Waals surface area contributed by atoms with Crippen LogP contribution in [0.3, 0.4) is 0 Å². The predicted octanol–water partition coefficient (Wildman–Crippen LogP) is 1.44. The Hall–Kier alpha value is -3.09. The largest absolute Gasteiger partial charge is 0.503 e. The molecule has 0 saturated heterocycles. The van der Waals surface area contributed by atoms with Crippen LogP contribution in [-0.4, -0.2) is 27.6 Å². The first-order chi connectivity index (χ1) is 12.4. The number of benzene rings is 1. The molecule has 0 spiro atoms. The quantitative estimate of drug-likeness (QED) is 0.730. The smallest absolute Gasteiger partial charge is 0.329 e. The average molecular weight is 358 g/mol. The zero-order valence-electron chi connectivity index (χ0n) is 14.7. The molecule has 138 valence electrons. The van der Waals surface area contributed by atoms with Gasteiger partial charge in [0.2, 0.25) is 5.91 Å². The van der Waals surface area contributed by atoms with E-state index in [1.165, 1.54) is 18.3 Å². The summed E-state index contributed by atoms with van der Waals surface area (Å²) in [7, 11) is 0. The Morgan fingerprint density at radius 1 is 1.15 bits per heavy atom. The van der Waals surface area contributed by atoms with Crippen molar-refractivity contribution < 1.29 is 19.4 Å². The van der Waals surface area contributed by atoms with Gasteiger partial charge in [-0.15, -0.1) is 0 Å². The predicted molar refractivity (Wildman–Crippen MR) is 95.4 cm³/mol. The van der Waals surface area contributed by atoms with E-state index in [0.717, 1.165) is 10.1 Å². The van der Waals surface area contributed by atoms with E-state index in [9.17, 15) is 19.5 Å². The van der Waals surface area contributed by atoms with Gasteiger partial charge in [0.1, 0.15) is 19.2 Å². The van der Waals surface area contributed by atoms with Crippen LogP contribution in [-0.2, 0) is 27.5 Å². The van der Waals surface area contributed by atoms with Crippen molar-refractivity contribution in [1.29, 1.82) is 0 Å². The molecule has 2 rings (SSSR count). The number of ether oxygens (including phenoxy) is 1. The van der Waals surface area contributed by atoms with Gasteiger partial charge in [-0.2, -0.15) is 0 Å². The first-order valence-corrected chi connectivity index (χ1v) is 8.27. The molecule has 1 aromatic carbocycles. The van der Waals surface area contributed by atoms with Crippen molar-refractivity contribution in [1.82, 2.24) is 9.88 Å². The Morgan fingerprint density at radius 3 is 2.50 bits per heavy atom. The highest BCUT2D eigenvalue weighted by Gasteiger charge is 2.26. The van der Waals surface area contributed by atoms with Gasteiger partial charge in [0.05, 0.1) is 0 Å². The van der Waals surface area contributed by atoms with Gasteiger partial charge in [-0.25, -0.2) is 4.79 Å². The summed E-state index contributed by atoms with van der Waals surface area (Å²) in [5.41, 5.74) is 0.177. The lowest BCUT2D eigenvalue weighted by atomic mass is 10.0. The average Bonchev–Trinajstić information content (AvgIpc) is 2.62. The van der Waals surface area contributed by atoms with Gasteiger partial charge in [-0.3, -0.25) is 9.59 Å². The van der Waals surface area contributed by atoms with Crippen molar-refractivity contribution in [3.63, 3.8) is 0 Å². The second kappa shape index (κ2) is 8.84. The van der Waals surface area contributed by atoms with Crippen LogP contribution >= 0.6 is 0 Å². The first kappa shape index (κ1) is 19.2. The summed E-state index contributed by atoms with van der Waals surface area (Å²) in [4.78, 5) is 36.3. The number of carbonyl (C=O) groups is 2. The zero-order chi connectivity index (χ0) is 19.1. The maximum Gasteiger partial charge on any atom is 0.329 e. The van der Waals surface area contributed by atoms with E-state index in [2.05, 4.69) is 5.32 Å². The highest BCUT2D eigenvalue weighted by atomic mass is 16.5. The van der Waals surface area contributed by atoms with Crippen molar-refractivity contribution in [2.24, 2.45) is 5.92 Å². The van der Waals surface area contributed by atoms with Crippen LogP contribution in [0.1, 0.15) is 19.4 Å². The molecule has 0 saturated carbocycles. The molecule has 7 nitrogen and oxygen atoms in total. The molecule has 1 heterocycles. The summed E-state index contributed by atoms with van der Waals surface area (Å²) in [5.74, 6) is -1.69. The van der Waals surface area contributed by atoms with Crippen LogP contribution in [0.2, 0.25) is 0 Å². The lowest BCUT2D eigenvalue weighted by molar-refractivity contribution is -0.150.